The smallest absolute Gasteiger partial charge is 0.416 e. The molecule has 1 N–H and O–H groups in total. The number of ether oxygens (including phenoxy) is 1. The molecule has 1 aliphatic rings. The third-order valence-electron chi connectivity index (χ3n) is 3.40. The summed E-state index contributed by atoms with van der Waals surface area (Å²) in [5.74, 6) is 0.427. The van der Waals surface area contributed by atoms with Crippen molar-refractivity contribution >= 4 is 0 Å². The maximum Gasteiger partial charge on any atom is 0.416 e. The molecule has 112 valence electrons. The van der Waals surface area contributed by atoms with Gasteiger partial charge in [-0.15, -0.1) is 0 Å². The Morgan fingerprint density at radius 2 is 2.00 bits per heavy atom. The van der Waals surface area contributed by atoms with Gasteiger partial charge in [0.05, 0.1) is 11.7 Å². The highest BCUT2D eigenvalue weighted by molar-refractivity contribution is 5.38. The van der Waals surface area contributed by atoms with Gasteiger partial charge in [0.2, 0.25) is 0 Å². The molecular weight excluding hydrogens is 267 g/mol. The summed E-state index contributed by atoms with van der Waals surface area (Å²) in [5, 5.41) is 3.23. The topological polar surface area (TPSA) is 21.3 Å². The van der Waals surface area contributed by atoms with Crippen LogP contribution in [-0.2, 0) is 6.18 Å². The molecule has 1 aromatic carbocycles. The van der Waals surface area contributed by atoms with Gasteiger partial charge in [0.25, 0.3) is 0 Å². The lowest BCUT2D eigenvalue weighted by molar-refractivity contribution is -0.137. The molecule has 1 unspecified atom stereocenters. The molecule has 0 saturated carbocycles. The second-order valence-corrected chi connectivity index (χ2v) is 5.50. The summed E-state index contributed by atoms with van der Waals surface area (Å²) < 4.78 is 44.4. The van der Waals surface area contributed by atoms with Crippen LogP contribution in [0.25, 0.3) is 0 Å². The van der Waals surface area contributed by atoms with Crippen molar-refractivity contribution in [1.29, 1.82) is 0 Å². The van der Waals surface area contributed by atoms with Crippen LogP contribution in [0.4, 0.5) is 13.2 Å². The number of nitrogens with one attached hydrogen (secondary N) is 1. The Bertz CT molecular complexity index is 451. The first kappa shape index (κ1) is 15.2. The first-order valence-corrected chi connectivity index (χ1v) is 6.96. The zero-order valence-electron chi connectivity index (χ0n) is 11.8. The Labute approximate surface area is 117 Å². The van der Waals surface area contributed by atoms with E-state index in [1.165, 1.54) is 6.07 Å². The summed E-state index contributed by atoms with van der Waals surface area (Å²) in [5.41, 5.74) is 0.0823. The van der Waals surface area contributed by atoms with Crippen molar-refractivity contribution in [2.24, 2.45) is 0 Å². The molecule has 1 atom stereocenters. The number of alkyl halides is 3. The number of hydrogen-bond donors (Lipinski definition) is 1. The van der Waals surface area contributed by atoms with Crippen molar-refractivity contribution in [2.45, 2.75) is 44.9 Å². The van der Waals surface area contributed by atoms with Crippen LogP contribution in [0.3, 0.4) is 0 Å². The quantitative estimate of drug-likeness (QED) is 0.908. The van der Waals surface area contributed by atoms with Crippen molar-refractivity contribution in [1.82, 2.24) is 5.32 Å². The SMILES string of the molecule is CC(C)Oc1cc(C2CCCNC2)cc(C(F)(F)F)c1. The fraction of sp³-hybridized carbons (Fsp3) is 0.600. The van der Waals surface area contributed by atoms with Gasteiger partial charge in [-0.05, 0) is 62.9 Å². The Morgan fingerprint density at radius 3 is 2.55 bits per heavy atom. The van der Waals surface area contributed by atoms with E-state index >= 15 is 0 Å². The van der Waals surface area contributed by atoms with E-state index in [4.69, 9.17) is 4.74 Å². The van der Waals surface area contributed by atoms with Crippen LogP contribution in [0.15, 0.2) is 18.2 Å². The van der Waals surface area contributed by atoms with Gasteiger partial charge in [0.1, 0.15) is 5.75 Å². The fourth-order valence-electron chi connectivity index (χ4n) is 2.50. The van der Waals surface area contributed by atoms with Gasteiger partial charge >= 0.3 is 6.18 Å². The average molecular weight is 287 g/mol. The predicted octanol–water partition coefficient (Wildman–Crippen LogP) is 3.96. The molecule has 1 heterocycles. The van der Waals surface area contributed by atoms with E-state index < -0.39 is 11.7 Å². The summed E-state index contributed by atoms with van der Waals surface area (Å²) in [6.45, 7) is 5.28. The minimum absolute atomic E-state index is 0.126. The molecule has 1 saturated heterocycles. The Morgan fingerprint density at radius 1 is 1.25 bits per heavy atom. The maximum atomic E-state index is 13.0. The van der Waals surface area contributed by atoms with E-state index in [0.29, 0.717) is 11.3 Å². The zero-order valence-corrected chi connectivity index (χ0v) is 11.8. The molecule has 1 aromatic rings. The first-order valence-electron chi connectivity index (χ1n) is 6.96. The van der Waals surface area contributed by atoms with E-state index in [1.807, 2.05) is 13.8 Å². The zero-order chi connectivity index (χ0) is 14.8. The number of benzene rings is 1. The summed E-state index contributed by atoms with van der Waals surface area (Å²) in [6, 6.07) is 4.08. The molecule has 1 aliphatic heterocycles. The summed E-state index contributed by atoms with van der Waals surface area (Å²) in [4.78, 5) is 0. The van der Waals surface area contributed by atoms with Crippen LogP contribution in [0.2, 0.25) is 0 Å². The standard InChI is InChI=1S/C15H20F3NO/c1-10(2)20-14-7-12(11-4-3-5-19-9-11)6-13(8-14)15(16,17)18/h6-8,10-11,19H,3-5,9H2,1-2H3. The number of hydrogen-bond acceptors (Lipinski definition) is 2. The normalized spacial score (nSPS) is 20.2. The van der Waals surface area contributed by atoms with E-state index in [1.54, 1.807) is 6.07 Å². The van der Waals surface area contributed by atoms with Crippen LogP contribution >= 0.6 is 0 Å². The Hall–Kier alpha value is -1.23. The lowest BCUT2D eigenvalue weighted by Crippen LogP contribution is -2.28. The summed E-state index contributed by atoms with van der Waals surface area (Å²) in [7, 11) is 0. The van der Waals surface area contributed by atoms with Gasteiger partial charge in [0, 0.05) is 6.54 Å². The number of rotatable bonds is 3. The summed E-state index contributed by atoms with van der Waals surface area (Å²) in [6.07, 6.45) is -2.58. The van der Waals surface area contributed by atoms with Crippen molar-refractivity contribution in [3.8, 4) is 5.75 Å². The van der Waals surface area contributed by atoms with Crippen LogP contribution in [0.1, 0.15) is 43.7 Å². The van der Waals surface area contributed by atoms with Crippen molar-refractivity contribution in [3.63, 3.8) is 0 Å². The lowest BCUT2D eigenvalue weighted by Gasteiger charge is -2.25. The highest BCUT2D eigenvalue weighted by Gasteiger charge is 2.32. The van der Waals surface area contributed by atoms with Gasteiger partial charge in [-0.3, -0.25) is 0 Å². The van der Waals surface area contributed by atoms with Crippen LogP contribution in [0, 0.1) is 0 Å². The highest BCUT2D eigenvalue weighted by Crippen LogP contribution is 2.36. The van der Waals surface area contributed by atoms with Crippen molar-refractivity contribution < 1.29 is 17.9 Å². The molecule has 0 bridgehead atoms. The molecule has 5 heteroatoms. The van der Waals surface area contributed by atoms with Crippen LogP contribution < -0.4 is 10.1 Å². The summed E-state index contributed by atoms with van der Waals surface area (Å²) >= 11 is 0. The van der Waals surface area contributed by atoms with Gasteiger partial charge in [-0.2, -0.15) is 13.2 Å². The molecule has 0 aromatic heterocycles. The number of halogens is 3. The fourth-order valence-corrected chi connectivity index (χ4v) is 2.50. The van der Waals surface area contributed by atoms with Gasteiger partial charge < -0.3 is 10.1 Å². The Balaban J connectivity index is 2.34. The van der Waals surface area contributed by atoms with Crippen LogP contribution in [0.5, 0.6) is 5.75 Å². The molecular formula is C15H20F3NO. The highest BCUT2D eigenvalue weighted by atomic mass is 19.4. The van der Waals surface area contributed by atoms with E-state index in [2.05, 4.69) is 5.32 Å². The minimum Gasteiger partial charge on any atom is -0.491 e. The maximum absolute atomic E-state index is 13.0. The molecule has 1 fully saturated rings. The van der Waals surface area contributed by atoms with Crippen molar-refractivity contribution in [3.05, 3.63) is 29.3 Å². The second-order valence-electron chi connectivity index (χ2n) is 5.50. The molecule has 0 spiro atoms. The average Bonchev–Trinajstić information content (AvgIpc) is 2.37. The largest absolute Gasteiger partial charge is 0.491 e. The van der Waals surface area contributed by atoms with E-state index in [0.717, 1.165) is 32.0 Å². The monoisotopic (exact) mass is 287 g/mol. The van der Waals surface area contributed by atoms with Gasteiger partial charge in [0.15, 0.2) is 0 Å². The number of piperidine rings is 1. The molecule has 2 rings (SSSR count). The molecule has 0 radical (unpaired) electrons. The molecule has 0 aliphatic carbocycles. The predicted molar refractivity (Wildman–Crippen MR) is 72.1 cm³/mol. The van der Waals surface area contributed by atoms with Crippen LogP contribution in [-0.4, -0.2) is 19.2 Å². The first-order chi connectivity index (χ1) is 9.36. The minimum atomic E-state index is -4.34. The van der Waals surface area contributed by atoms with Gasteiger partial charge in [-0.25, -0.2) is 0 Å². The molecule has 0 amide bonds. The Kier molecular flexibility index (Phi) is 4.58. The third kappa shape index (κ3) is 3.88. The molecule has 2 nitrogen and oxygen atoms in total. The van der Waals surface area contributed by atoms with Gasteiger partial charge in [-0.1, -0.05) is 0 Å². The second kappa shape index (κ2) is 6.04. The lowest BCUT2D eigenvalue weighted by atomic mass is 9.90. The third-order valence-corrected chi connectivity index (χ3v) is 3.40. The van der Waals surface area contributed by atoms with E-state index in [-0.39, 0.29) is 12.0 Å². The van der Waals surface area contributed by atoms with Crippen molar-refractivity contribution in [2.75, 3.05) is 13.1 Å². The molecule has 20 heavy (non-hydrogen) atoms. The van der Waals surface area contributed by atoms with E-state index in [9.17, 15) is 13.2 Å².